The van der Waals surface area contributed by atoms with Crippen molar-refractivity contribution in [1.82, 2.24) is 0 Å². The van der Waals surface area contributed by atoms with Gasteiger partial charge in [0, 0.05) is 0 Å². The number of fused-ring (bicyclic) bond motifs is 6. The molecule has 0 N–H and O–H groups in total. The van der Waals surface area contributed by atoms with E-state index >= 15 is 0 Å². The predicted octanol–water partition coefficient (Wildman–Crippen LogP) is 6.68. The number of benzene rings is 3. The molecule has 52 heavy (non-hydrogen) atoms. The van der Waals surface area contributed by atoms with E-state index in [-0.39, 0.29) is 50.2 Å². The molecule has 3 unspecified atom stereocenters. The Balaban J connectivity index is 0.00000232. The first-order valence-electron chi connectivity index (χ1n) is 19.3. The molecule has 0 radical (unpaired) electrons. The molecule has 5 aliphatic carbocycles. The molecule has 0 bridgehead atoms. The Morgan fingerprint density at radius 1 is 0.692 bits per heavy atom. The molecule has 0 aromatic heterocycles. The smallest absolute Gasteiger partial charge is 1.00 e. The van der Waals surface area contributed by atoms with Crippen molar-refractivity contribution in [3.8, 4) is 0 Å². The van der Waals surface area contributed by atoms with Crippen molar-refractivity contribution in [3.05, 3.63) is 158 Å². The van der Waals surface area contributed by atoms with Gasteiger partial charge in [-0.1, -0.05) is 0 Å². The molecule has 5 aliphatic rings. The second-order valence-corrected chi connectivity index (χ2v) is 22.7. The molecule has 3 aromatic carbocycles. The Morgan fingerprint density at radius 3 is 1.88 bits per heavy atom. The number of rotatable bonds is 6. The van der Waals surface area contributed by atoms with Crippen molar-refractivity contribution in [3.63, 3.8) is 0 Å². The minimum Gasteiger partial charge on any atom is -1.00 e. The van der Waals surface area contributed by atoms with Crippen LogP contribution < -0.4 is 24.8 Å². The van der Waals surface area contributed by atoms with Gasteiger partial charge in [0.05, 0.1) is 0 Å². The minimum atomic E-state index is -2.36. The summed E-state index contributed by atoms with van der Waals surface area (Å²) < 4.78 is 3.62. The largest absolute Gasteiger partial charge is 1.00 e. The quantitative estimate of drug-likeness (QED) is 0.246. The van der Waals surface area contributed by atoms with Gasteiger partial charge < -0.3 is 24.8 Å². The molecular weight excluding hydrogens is 707 g/mol. The van der Waals surface area contributed by atoms with Gasteiger partial charge in [0.25, 0.3) is 0 Å². The third kappa shape index (κ3) is 5.36. The minimum absolute atomic E-state index is 0. The van der Waals surface area contributed by atoms with Crippen LogP contribution in [0.2, 0.25) is 3.72 Å². The van der Waals surface area contributed by atoms with E-state index in [1.807, 2.05) is 9.38 Å². The summed E-state index contributed by atoms with van der Waals surface area (Å²) in [6, 6.07) is 32.3. The Morgan fingerprint density at radius 2 is 1.29 bits per heavy atom. The molecule has 0 spiro atoms. The summed E-state index contributed by atoms with van der Waals surface area (Å²) in [5.74, 6) is 0.513. The Hall–Kier alpha value is -2.48. The van der Waals surface area contributed by atoms with Crippen LogP contribution >= 0.6 is 0 Å². The molecule has 1 saturated carbocycles. The zero-order valence-corrected chi connectivity index (χ0v) is 35.6. The molecule has 0 saturated heterocycles. The predicted molar refractivity (Wildman–Crippen MR) is 211 cm³/mol. The summed E-state index contributed by atoms with van der Waals surface area (Å²) in [6.45, 7) is 21.7. The van der Waals surface area contributed by atoms with Crippen LogP contribution in [-0.2, 0) is 36.7 Å². The van der Waals surface area contributed by atoms with E-state index in [2.05, 4.69) is 171 Å². The molecule has 3 heteroatoms. The first-order chi connectivity index (χ1) is 23.9. The Bertz CT molecular complexity index is 2010. The van der Waals surface area contributed by atoms with Crippen molar-refractivity contribution < 1.29 is 42.2 Å². The second-order valence-electron chi connectivity index (χ2n) is 17.9. The Kier molecular flexibility index (Phi) is 10.5. The summed E-state index contributed by atoms with van der Waals surface area (Å²) in [6.07, 6.45) is 19.2. The monoisotopic (exact) mass is 762 g/mol. The molecule has 0 nitrogen and oxygen atoms in total. The van der Waals surface area contributed by atoms with Crippen molar-refractivity contribution in [2.45, 2.75) is 97.6 Å². The van der Waals surface area contributed by atoms with Gasteiger partial charge in [-0.3, -0.25) is 0 Å². The zero-order valence-electron chi connectivity index (χ0n) is 32.5. The fourth-order valence-corrected chi connectivity index (χ4v) is 19.2. The van der Waals surface area contributed by atoms with Crippen LogP contribution in [0.3, 0.4) is 0 Å². The Labute approximate surface area is 332 Å². The second kappa shape index (κ2) is 14.0. The maximum absolute atomic E-state index is 2.83. The maximum Gasteiger partial charge on any atom is -1.00 e. The maximum atomic E-state index is 2.83. The van der Waals surface area contributed by atoms with E-state index in [0.29, 0.717) is 5.92 Å². The van der Waals surface area contributed by atoms with Crippen LogP contribution in [-0.4, -0.2) is 3.81 Å². The van der Waals surface area contributed by atoms with Crippen LogP contribution in [0.15, 0.2) is 136 Å². The third-order valence-electron chi connectivity index (χ3n) is 15.7. The van der Waals surface area contributed by atoms with E-state index in [4.69, 9.17) is 0 Å². The average molecular weight is 764 g/mol. The van der Waals surface area contributed by atoms with Gasteiger partial charge in [-0.2, -0.15) is 0 Å². The van der Waals surface area contributed by atoms with Gasteiger partial charge in [-0.05, 0) is 0 Å². The van der Waals surface area contributed by atoms with Crippen LogP contribution in [0.4, 0.5) is 0 Å². The zero-order chi connectivity index (χ0) is 35.1. The molecule has 270 valence electrons. The summed E-state index contributed by atoms with van der Waals surface area (Å²) in [5.41, 5.74) is 12.9. The molecule has 0 aliphatic heterocycles. The first kappa shape index (κ1) is 39.2. The van der Waals surface area contributed by atoms with Crippen molar-refractivity contribution in [1.29, 1.82) is 0 Å². The van der Waals surface area contributed by atoms with Gasteiger partial charge in [0.2, 0.25) is 0 Å². The summed E-state index contributed by atoms with van der Waals surface area (Å²) in [4.78, 5) is 0. The molecule has 1 fully saturated rings. The van der Waals surface area contributed by atoms with E-state index in [1.165, 1.54) is 35.1 Å². The average Bonchev–Trinajstić information content (AvgIpc) is 3.77. The summed E-state index contributed by atoms with van der Waals surface area (Å²) in [5, 5.41) is 0. The number of allylic oxidation sites excluding steroid dienone is 10. The van der Waals surface area contributed by atoms with E-state index in [1.54, 1.807) is 20.6 Å². The van der Waals surface area contributed by atoms with Crippen LogP contribution in [0.5, 0.6) is 0 Å². The van der Waals surface area contributed by atoms with Crippen LogP contribution in [0.1, 0.15) is 96.9 Å². The number of hydrogen-bond donors (Lipinski definition) is 0. The first-order valence-corrected chi connectivity index (χ1v) is 21.6. The van der Waals surface area contributed by atoms with Gasteiger partial charge in [0.1, 0.15) is 0 Å². The molecule has 3 aromatic rings. The van der Waals surface area contributed by atoms with E-state index < -0.39 is 17.4 Å². The van der Waals surface area contributed by atoms with Gasteiger partial charge >= 0.3 is 310 Å². The van der Waals surface area contributed by atoms with Crippen molar-refractivity contribution in [2.75, 3.05) is 0 Å². The number of hydrogen-bond acceptors (Lipinski definition) is 0. The standard InChI is InChI=1S/C29H37.C15H14.C5H5.2ClH.Ti/c1-18-25-22-17-19-13-9-10-14-20(19)24(22)21-15-11-12-16-23(21)29(25,8)28(6,7)27(4,5)26(18,2)3;1-3-8-14(9-4-1)12-7-13-15-10-5-2-6-11-15;1-2-4-5-3-1;;;/h9-11,13-15,23H,12,16-17H2,1-8H3;1-6,8-11H,12-13H2;1-3H,4H2;2*1H;/q;;;;;+2/p-2. The fraction of sp³-hybridized carbons (Fsp3) is 0.408. The number of halogens is 2. The van der Waals surface area contributed by atoms with Gasteiger partial charge in [0.15, 0.2) is 0 Å². The molecular formula is C49H56Cl2Ti. The van der Waals surface area contributed by atoms with Crippen LogP contribution in [0.25, 0.3) is 5.57 Å². The topological polar surface area (TPSA) is 0 Å². The fourth-order valence-electron chi connectivity index (χ4n) is 11.8. The third-order valence-corrected chi connectivity index (χ3v) is 21.9. The van der Waals surface area contributed by atoms with E-state index in [9.17, 15) is 0 Å². The van der Waals surface area contributed by atoms with Crippen molar-refractivity contribution in [2.24, 2.45) is 27.6 Å². The van der Waals surface area contributed by atoms with Crippen molar-refractivity contribution >= 4 is 9.38 Å². The molecule has 8 rings (SSSR count). The summed E-state index contributed by atoms with van der Waals surface area (Å²) >= 11 is -2.36. The molecule has 0 amide bonds. The van der Waals surface area contributed by atoms with Gasteiger partial charge in [-0.15, -0.1) is 0 Å². The van der Waals surface area contributed by atoms with Gasteiger partial charge in [-0.25, -0.2) is 0 Å². The molecule has 3 atom stereocenters. The molecule has 0 heterocycles. The van der Waals surface area contributed by atoms with Crippen LogP contribution in [0, 0.1) is 27.6 Å². The SMILES string of the molecule is CC12C(=C3Cc4ccccc4C3=C3C=CCCC31)[C](C)([Ti+2]([C]1=CC=CC1)=[C](Cc1ccccc1)Cc1ccccc1)C(C)(C)C(C)(C)C2(C)C.[Cl-].[Cl-]. The van der Waals surface area contributed by atoms with E-state index in [0.717, 1.165) is 25.7 Å². The summed E-state index contributed by atoms with van der Waals surface area (Å²) in [7, 11) is 0. The normalized spacial score (nSPS) is 26.8.